The Balaban J connectivity index is 2.05. The molecule has 0 saturated heterocycles. The first kappa shape index (κ1) is 14.9. The third-order valence-corrected chi connectivity index (χ3v) is 4.67. The van der Waals surface area contributed by atoms with Crippen molar-refractivity contribution in [2.45, 2.75) is 38.4 Å². The number of fused-ring (bicyclic) bond motifs is 1. The minimum atomic E-state index is 0.130. The van der Waals surface area contributed by atoms with Gasteiger partial charge in [-0.05, 0) is 17.7 Å². The summed E-state index contributed by atoms with van der Waals surface area (Å²) >= 11 is 5.20. The van der Waals surface area contributed by atoms with E-state index >= 15 is 0 Å². The van der Waals surface area contributed by atoms with Crippen LogP contribution in [0.4, 0.5) is 0 Å². The van der Waals surface area contributed by atoms with Crippen LogP contribution >= 0.6 is 27.7 Å². The molecule has 0 fully saturated rings. The Labute approximate surface area is 127 Å². The fraction of sp³-hybridized carbons (Fsp3) is 0.533. The average molecular weight is 343 g/mol. The number of rotatable bonds is 4. The lowest BCUT2D eigenvalue weighted by molar-refractivity contribution is -0.116. The minimum absolute atomic E-state index is 0.130. The Morgan fingerprint density at radius 1 is 1.42 bits per heavy atom. The first-order valence-corrected chi connectivity index (χ1v) is 8.23. The molecule has 0 saturated carbocycles. The second-order valence-corrected chi connectivity index (χ2v) is 8.49. The standard InChI is InChI=1S/C15H19BrO2S/c1-15(2,3)19-9-13(17)8-11-7-12(16)6-10-4-5-18-14(10)11/h6-7H,4-5,8-9H2,1-3H3. The molecule has 1 heterocycles. The Morgan fingerprint density at radius 3 is 2.84 bits per heavy atom. The molecule has 0 unspecified atom stereocenters. The third-order valence-electron chi connectivity index (χ3n) is 2.88. The summed E-state index contributed by atoms with van der Waals surface area (Å²) in [6, 6.07) is 4.09. The Hall–Kier alpha value is -0.480. The molecule has 2 nitrogen and oxygen atoms in total. The van der Waals surface area contributed by atoms with Gasteiger partial charge in [-0.3, -0.25) is 4.79 Å². The van der Waals surface area contributed by atoms with Crippen LogP contribution in [0.3, 0.4) is 0 Å². The molecule has 1 aliphatic rings. The number of benzene rings is 1. The largest absolute Gasteiger partial charge is 0.493 e. The second-order valence-electron chi connectivity index (χ2n) is 5.77. The molecule has 1 aliphatic heterocycles. The maximum absolute atomic E-state index is 12.1. The number of ketones is 1. The lowest BCUT2D eigenvalue weighted by Crippen LogP contribution is -2.14. The lowest BCUT2D eigenvalue weighted by Gasteiger charge is -2.17. The van der Waals surface area contributed by atoms with E-state index < -0.39 is 0 Å². The molecule has 0 amide bonds. The first-order valence-electron chi connectivity index (χ1n) is 6.45. The maximum atomic E-state index is 12.1. The van der Waals surface area contributed by atoms with Crippen LogP contribution in [-0.4, -0.2) is 22.9 Å². The molecule has 0 spiro atoms. The Kier molecular flexibility index (Phi) is 4.62. The average Bonchev–Trinajstić information content (AvgIpc) is 2.73. The molecule has 1 aromatic rings. The van der Waals surface area contributed by atoms with Crippen LogP contribution in [0.15, 0.2) is 16.6 Å². The highest BCUT2D eigenvalue weighted by molar-refractivity contribution is 9.10. The smallest absolute Gasteiger partial charge is 0.147 e. The van der Waals surface area contributed by atoms with E-state index in [4.69, 9.17) is 4.74 Å². The van der Waals surface area contributed by atoms with Crippen LogP contribution in [0.2, 0.25) is 0 Å². The van der Waals surface area contributed by atoms with E-state index in [1.807, 2.05) is 6.07 Å². The Morgan fingerprint density at radius 2 is 2.16 bits per heavy atom. The molecule has 0 aromatic heterocycles. The predicted molar refractivity (Wildman–Crippen MR) is 84.3 cm³/mol. The van der Waals surface area contributed by atoms with Gasteiger partial charge in [0.05, 0.1) is 12.4 Å². The van der Waals surface area contributed by atoms with Crippen LogP contribution in [0, 0.1) is 0 Å². The molecule has 19 heavy (non-hydrogen) atoms. The zero-order chi connectivity index (χ0) is 14.0. The van der Waals surface area contributed by atoms with E-state index in [0.29, 0.717) is 12.2 Å². The van der Waals surface area contributed by atoms with Crippen molar-refractivity contribution < 1.29 is 9.53 Å². The molecule has 0 aliphatic carbocycles. The molecule has 0 radical (unpaired) electrons. The summed E-state index contributed by atoms with van der Waals surface area (Å²) in [4.78, 5) is 12.1. The van der Waals surface area contributed by atoms with Crippen molar-refractivity contribution in [1.82, 2.24) is 0 Å². The number of carbonyl (C=O) groups is 1. The molecule has 1 aromatic carbocycles. The maximum Gasteiger partial charge on any atom is 0.147 e. The molecule has 0 bridgehead atoms. The van der Waals surface area contributed by atoms with Gasteiger partial charge >= 0.3 is 0 Å². The van der Waals surface area contributed by atoms with Crippen molar-refractivity contribution in [3.05, 3.63) is 27.7 Å². The summed E-state index contributed by atoms with van der Waals surface area (Å²) in [6.07, 6.45) is 1.40. The molecule has 4 heteroatoms. The number of ether oxygens (including phenoxy) is 1. The van der Waals surface area contributed by atoms with Gasteiger partial charge in [0.25, 0.3) is 0 Å². The lowest BCUT2D eigenvalue weighted by atomic mass is 10.0. The predicted octanol–water partition coefficient (Wildman–Crippen LogP) is 4.03. The fourth-order valence-corrected chi connectivity index (χ4v) is 3.29. The molecule has 0 atom stereocenters. The monoisotopic (exact) mass is 342 g/mol. The summed E-state index contributed by atoms with van der Waals surface area (Å²) in [7, 11) is 0. The number of hydrogen-bond donors (Lipinski definition) is 0. The summed E-state index contributed by atoms with van der Waals surface area (Å²) in [5, 5.41) is 0. The quantitative estimate of drug-likeness (QED) is 0.826. The highest BCUT2D eigenvalue weighted by Crippen LogP contribution is 2.33. The van der Waals surface area contributed by atoms with E-state index in [9.17, 15) is 4.79 Å². The molecule has 2 rings (SSSR count). The summed E-state index contributed by atoms with van der Waals surface area (Å²) in [5.74, 6) is 1.75. The summed E-state index contributed by atoms with van der Waals surface area (Å²) in [5.41, 5.74) is 2.22. The van der Waals surface area contributed by atoms with Gasteiger partial charge in [0, 0.05) is 27.6 Å². The van der Waals surface area contributed by atoms with E-state index in [1.165, 1.54) is 5.56 Å². The summed E-state index contributed by atoms with van der Waals surface area (Å²) in [6.45, 7) is 7.12. The van der Waals surface area contributed by atoms with Crippen LogP contribution in [0.1, 0.15) is 31.9 Å². The van der Waals surface area contributed by atoms with E-state index in [0.717, 1.165) is 28.8 Å². The number of hydrogen-bond acceptors (Lipinski definition) is 3. The highest BCUT2D eigenvalue weighted by Gasteiger charge is 2.20. The number of carbonyl (C=O) groups excluding carboxylic acids is 1. The van der Waals surface area contributed by atoms with Gasteiger partial charge in [0.15, 0.2) is 0 Å². The van der Waals surface area contributed by atoms with Gasteiger partial charge in [0.2, 0.25) is 0 Å². The normalized spacial score (nSPS) is 14.1. The number of halogens is 1. The van der Waals surface area contributed by atoms with Gasteiger partial charge < -0.3 is 4.74 Å². The van der Waals surface area contributed by atoms with Crippen molar-refractivity contribution in [2.75, 3.05) is 12.4 Å². The SMILES string of the molecule is CC(C)(C)SCC(=O)Cc1cc(Br)cc2c1OCC2. The zero-order valence-corrected chi connectivity index (χ0v) is 14.0. The van der Waals surface area contributed by atoms with Gasteiger partial charge in [-0.2, -0.15) is 0 Å². The fourth-order valence-electron chi connectivity index (χ4n) is 2.04. The topological polar surface area (TPSA) is 26.3 Å². The second kappa shape index (κ2) is 5.88. The molecular weight excluding hydrogens is 324 g/mol. The highest BCUT2D eigenvalue weighted by atomic mass is 79.9. The first-order chi connectivity index (χ1) is 8.85. The van der Waals surface area contributed by atoms with Crippen LogP contribution in [0.25, 0.3) is 0 Å². The number of thioether (sulfide) groups is 1. The van der Waals surface area contributed by atoms with E-state index in [-0.39, 0.29) is 10.5 Å². The molecule has 0 N–H and O–H groups in total. The van der Waals surface area contributed by atoms with Crippen molar-refractivity contribution in [2.24, 2.45) is 0 Å². The molecular formula is C15H19BrO2S. The Bertz CT molecular complexity index is 492. The van der Waals surface area contributed by atoms with Crippen molar-refractivity contribution in [1.29, 1.82) is 0 Å². The molecule has 104 valence electrons. The van der Waals surface area contributed by atoms with Crippen molar-refractivity contribution in [3.63, 3.8) is 0 Å². The van der Waals surface area contributed by atoms with Crippen LogP contribution < -0.4 is 4.74 Å². The summed E-state index contributed by atoms with van der Waals surface area (Å²) < 4.78 is 6.81. The van der Waals surface area contributed by atoms with E-state index in [1.54, 1.807) is 11.8 Å². The zero-order valence-electron chi connectivity index (χ0n) is 11.6. The van der Waals surface area contributed by atoms with Crippen LogP contribution in [-0.2, 0) is 17.6 Å². The number of Topliss-reactive ketones (excluding diaryl/α,β-unsaturated/α-hetero) is 1. The van der Waals surface area contributed by atoms with E-state index in [2.05, 4.69) is 42.8 Å². The van der Waals surface area contributed by atoms with Gasteiger partial charge in [-0.25, -0.2) is 0 Å². The minimum Gasteiger partial charge on any atom is -0.493 e. The van der Waals surface area contributed by atoms with Gasteiger partial charge in [-0.1, -0.05) is 36.7 Å². The third kappa shape index (κ3) is 4.25. The van der Waals surface area contributed by atoms with Gasteiger partial charge in [0.1, 0.15) is 11.5 Å². The van der Waals surface area contributed by atoms with Crippen LogP contribution in [0.5, 0.6) is 5.75 Å². The van der Waals surface area contributed by atoms with Crippen molar-refractivity contribution >= 4 is 33.5 Å². The van der Waals surface area contributed by atoms with Gasteiger partial charge in [-0.15, -0.1) is 11.8 Å². The van der Waals surface area contributed by atoms with Crippen molar-refractivity contribution in [3.8, 4) is 5.75 Å².